The van der Waals surface area contributed by atoms with Crippen LogP contribution in [0.4, 0.5) is 0 Å². The van der Waals surface area contributed by atoms with Crippen LogP contribution in [0.1, 0.15) is 30.0 Å². The predicted octanol–water partition coefficient (Wildman–Crippen LogP) is 3.33. The van der Waals surface area contributed by atoms with Crippen molar-refractivity contribution < 1.29 is 4.92 Å². The molecule has 0 aliphatic carbocycles. The highest BCUT2D eigenvalue weighted by molar-refractivity contribution is 5.58. The maximum Gasteiger partial charge on any atom is 0.246 e. The number of nitrogens with zero attached hydrogens (tertiary/aromatic N) is 1. The second kappa shape index (κ2) is 4.73. The number of rotatable bonds is 3. The van der Waals surface area contributed by atoms with E-state index in [4.69, 9.17) is 0 Å². The Morgan fingerprint density at radius 3 is 2.33 bits per heavy atom. The van der Waals surface area contributed by atoms with Crippen molar-refractivity contribution in [2.45, 2.75) is 27.2 Å². The van der Waals surface area contributed by atoms with E-state index < -0.39 is 0 Å². The Bertz CT molecular complexity index is 388. The van der Waals surface area contributed by atoms with Crippen LogP contribution in [0, 0.1) is 24.0 Å². The molecule has 3 nitrogen and oxygen atoms in total. The highest BCUT2D eigenvalue weighted by Gasteiger charge is 2.09. The summed E-state index contributed by atoms with van der Waals surface area (Å²) in [5, 5.41) is 10.7. The maximum absolute atomic E-state index is 10.7. The lowest BCUT2D eigenvalue weighted by molar-refractivity contribution is -0.425. The molecule has 0 bridgehead atoms. The van der Waals surface area contributed by atoms with E-state index in [0.717, 1.165) is 16.7 Å². The number of benzene rings is 1. The minimum absolute atomic E-state index is 0.257. The summed E-state index contributed by atoms with van der Waals surface area (Å²) in [6, 6.07) is 5.89. The van der Waals surface area contributed by atoms with Crippen LogP contribution in [0.5, 0.6) is 0 Å². The molecule has 0 fully saturated rings. The van der Waals surface area contributed by atoms with Crippen molar-refractivity contribution in [2.75, 3.05) is 0 Å². The lowest BCUT2D eigenvalue weighted by Gasteiger charge is -2.04. The largest absolute Gasteiger partial charge is 0.259 e. The Balaban J connectivity index is 3.22. The van der Waals surface area contributed by atoms with Gasteiger partial charge in [-0.1, -0.05) is 25.1 Å². The van der Waals surface area contributed by atoms with Crippen LogP contribution >= 0.6 is 0 Å². The number of allylic oxidation sites excluding steroid dienone is 1. The van der Waals surface area contributed by atoms with E-state index in [0.29, 0.717) is 6.42 Å². The van der Waals surface area contributed by atoms with Crippen LogP contribution in [-0.2, 0) is 0 Å². The van der Waals surface area contributed by atoms with Gasteiger partial charge in [0.15, 0.2) is 0 Å². The zero-order chi connectivity index (χ0) is 11.4. The summed E-state index contributed by atoms with van der Waals surface area (Å²) in [7, 11) is 0. The van der Waals surface area contributed by atoms with Crippen LogP contribution in [0.3, 0.4) is 0 Å². The van der Waals surface area contributed by atoms with Crippen molar-refractivity contribution in [3.05, 3.63) is 50.7 Å². The topological polar surface area (TPSA) is 43.1 Å². The number of aryl methyl sites for hydroxylation is 2. The molecule has 0 aromatic heterocycles. The van der Waals surface area contributed by atoms with Crippen molar-refractivity contribution in [1.82, 2.24) is 0 Å². The predicted molar refractivity (Wildman–Crippen MR) is 61.2 cm³/mol. The first kappa shape index (κ1) is 11.4. The molecule has 1 aromatic rings. The van der Waals surface area contributed by atoms with Crippen molar-refractivity contribution in [2.24, 2.45) is 0 Å². The maximum atomic E-state index is 10.7. The Labute approximate surface area is 89.6 Å². The average Bonchev–Trinajstić information content (AvgIpc) is 2.17. The molecule has 0 saturated heterocycles. The molecule has 1 rings (SSSR count). The molecule has 3 heteroatoms. The molecule has 80 valence electrons. The molecule has 0 aliphatic heterocycles. The van der Waals surface area contributed by atoms with Crippen molar-refractivity contribution in [3.63, 3.8) is 0 Å². The summed E-state index contributed by atoms with van der Waals surface area (Å²) >= 11 is 0. The van der Waals surface area contributed by atoms with E-state index >= 15 is 0 Å². The van der Waals surface area contributed by atoms with Gasteiger partial charge in [-0.05, 0) is 30.5 Å². The van der Waals surface area contributed by atoms with E-state index in [2.05, 4.69) is 0 Å². The van der Waals surface area contributed by atoms with Crippen molar-refractivity contribution >= 4 is 6.08 Å². The molecule has 15 heavy (non-hydrogen) atoms. The zero-order valence-electron chi connectivity index (χ0n) is 9.28. The second-order valence-corrected chi connectivity index (χ2v) is 3.55. The van der Waals surface area contributed by atoms with E-state index in [1.54, 1.807) is 13.0 Å². The molecule has 0 unspecified atom stereocenters. The Hall–Kier alpha value is -1.64. The van der Waals surface area contributed by atoms with Crippen LogP contribution < -0.4 is 0 Å². The SMILES string of the molecule is CC/C(=C/c1c(C)cccc1C)[N+](=O)[O-]. The number of hydrogen-bond donors (Lipinski definition) is 0. The van der Waals surface area contributed by atoms with Crippen molar-refractivity contribution in [3.8, 4) is 0 Å². The van der Waals surface area contributed by atoms with Gasteiger partial charge in [0, 0.05) is 12.5 Å². The smallest absolute Gasteiger partial charge is 0.246 e. The highest BCUT2D eigenvalue weighted by atomic mass is 16.6. The van der Waals surface area contributed by atoms with Gasteiger partial charge in [-0.15, -0.1) is 0 Å². The second-order valence-electron chi connectivity index (χ2n) is 3.55. The molecular formula is C12H15NO2. The van der Waals surface area contributed by atoms with Gasteiger partial charge in [-0.25, -0.2) is 0 Å². The van der Waals surface area contributed by atoms with Gasteiger partial charge in [0.1, 0.15) is 0 Å². The van der Waals surface area contributed by atoms with E-state index in [9.17, 15) is 10.1 Å². The Kier molecular flexibility index (Phi) is 3.61. The number of nitro groups is 1. The molecule has 1 aromatic carbocycles. The summed E-state index contributed by atoms with van der Waals surface area (Å²) in [5.74, 6) is 0. The van der Waals surface area contributed by atoms with E-state index in [-0.39, 0.29) is 10.6 Å². The summed E-state index contributed by atoms with van der Waals surface area (Å²) in [6.07, 6.45) is 2.12. The Morgan fingerprint density at radius 2 is 1.93 bits per heavy atom. The quantitative estimate of drug-likeness (QED) is 0.561. The molecule has 0 amide bonds. The van der Waals surface area contributed by atoms with Gasteiger partial charge >= 0.3 is 0 Å². The van der Waals surface area contributed by atoms with Gasteiger partial charge in [-0.3, -0.25) is 10.1 Å². The molecule has 0 N–H and O–H groups in total. The van der Waals surface area contributed by atoms with Gasteiger partial charge in [-0.2, -0.15) is 0 Å². The first-order chi connectivity index (χ1) is 7.06. The average molecular weight is 205 g/mol. The fraction of sp³-hybridized carbons (Fsp3) is 0.333. The fourth-order valence-electron chi connectivity index (χ4n) is 1.51. The lowest BCUT2D eigenvalue weighted by atomic mass is 10.0. The van der Waals surface area contributed by atoms with Crippen LogP contribution in [-0.4, -0.2) is 4.92 Å². The van der Waals surface area contributed by atoms with E-state index in [1.165, 1.54) is 0 Å². The monoisotopic (exact) mass is 205 g/mol. The van der Waals surface area contributed by atoms with Gasteiger partial charge in [0.05, 0.1) is 4.92 Å². The Morgan fingerprint density at radius 1 is 1.40 bits per heavy atom. The van der Waals surface area contributed by atoms with Crippen LogP contribution in [0.25, 0.3) is 6.08 Å². The third kappa shape index (κ3) is 2.65. The summed E-state index contributed by atoms with van der Waals surface area (Å²) in [6.45, 7) is 5.72. The molecule has 0 aliphatic rings. The first-order valence-electron chi connectivity index (χ1n) is 4.97. The van der Waals surface area contributed by atoms with Crippen LogP contribution in [0.15, 0.2) is 23.9 Å². The molecule has 0 heterocycles. The van der Waals surface area contributed by atoms with Crippen molar-refractivity contribution in [1.29, 1.82) is 0 Å². The third-order valence-corrected chi connectivity index (χ3v) is 2.45. The minimum atomic E-state index is -0.314. The van der Waals surface area contributed by atoms with Crippen LogP contribution in [0.2, 0.25) is 0 Å². The number of hydrogen-bond acceptors (Lipinski definition) is 2. The standard InChI is InChI=1S/C12H15NO2/c1-4-11(13(14)15)8-12-9(2)6-5-7-10(12)3/h5-8H,4H2,1-3H3/b11-8-. The molecule has 0 radical (unpaired) electrons. The normalized spacial score (nSPS) is 11.5. The van der Waals surface area contributed by atoms with E-state index in [1.807, 2.05) is 32.0 Å². The lowest BCUT2D eigenvalue weighted by Crippen LogP contribution is -1.98. The minimum Gasteiger partial charge on any atom is -0.259 e. The summed E-state index contributed by atoms with van der Waals surface area (Å²) in [5.41, 5.74) is 3.36. The van der Waals surface area contributed by atoms with Gasteiger partial charge in [0.25, 0.3) is 0 Å². The molecule has 0 spiro atoms. The molecular weight excluding hydrogens is 190 g/mol. The highest BCUT2D eigenvalue weighted by Crippen LogP contribution is 2.18. The van der Waals surface area contributed by atoms with Gasteiger partial charge in [0.2, 0.25) is 5.70 Å². The first-order valence-corrected chi connectivity index (χ1v) is 4.97. The molecule has 0 atom stereocenters. The summed E-state index contributed by atoms with van der Waals surface area (Å²) in [4.78, 5) is 10.4. The summed E-state index contributed by atoms with van der Waals surface area (Å²) < 4.78 is 0. The zero-order valence-corrected chi connectivity index (χ0v) is 9.28. The fourth-order valence-corrected chi connectivity index (χ4v) is 1.51. The van der Waals surface area contributed by atoms with Gasteiger partial charge < -0.3 is 0 Å². The molecule has 0 saturated carbocycles. The third-order valence-electron chi connectivity index (χ3n) is 2.45.